The van der Waals surface area contributed by atoms with E-state index in [-0.39, 0.29) is 0 Å². The highest BCUT2D eigenvalue weighted by atomic mass is 28.3. The summed E-state index contributed by atoms with van der Waals surface area (Å²) in [4.78, 5) is 0. The van der Waals surface area contributed by atoms with Gasteiger partial charge in [0.2, 0.25) is 0 Å². The first-order valence-corrected chi connectivity index (χ1v) is 28.3. The molecule has 2 nitrogen and oxygen atoms in total. The van der Waals surface area contributed by atoms with E-state index in [4.69, 9.17) is 9.47 Å². The van der Waals surface area contributed by atoms with Crippen LogP contribution in [0.2, 0.25) is 33.2 Å². The molecule has 0 aliphatic heterocycles. The molecule has 0 aliphatic rings. The van der Waals surface area contributed by atoms with Crippen molar-refractivity contribution in [2.24, 2.45) is 0 Å². The molecule has 5 rings (SSSR count). The van der Waals surface area contributed by atoms with Crippen molar-refractivity contribution < 1.29 is 9.47 Å². The summed E-state index contributed by atoms with van der Waals surface area (Å²) in [5.41, 5.74) is 13.8. The zero-order valence-electron chi connectivity index (χ0n) is 40.1. The Hall–Kier alpha value is -3.71. The van der Waals surface area contributed by atoms with Gasteiger partial charge in [0.1, 0.15) is 27.6 Å². The predicted molar refractivity (Wildman–Crippen MR) is 272 cm³/mol. The average Bonchev–Trinajstić information content (AvgIpc) is 3.19. The molecule has 0 radical (unpaired) electrons. The van der Waals surface area contributed by atoms with E-state index in [1.165, 1.54) is 81.6 Å². The first-order valence-electron chi connectivity index (χ1n) is 23.8. The lowest BCUT2D eigenvalue weighted by atomic mass is 9.89. The van der Waals surface area contributed by atoms with Gasteiger partial charge in [0.05, 0.1) is 13.2 Å². The molecule has 0 saturated carbocycles. The van der Waals surface area contributed by atoms with Gasteiger partial charge in [0.15, 0.2) is 0 Å². The summed E-state index contributed by atoms with van der Waals surface area (Å²) in [6, 6.07) is 22.9. The molecule has 0 unspecified atom stereocenters. The third kappa shape index (κ3) is 9.98. The number of rotatable bonds is 18. The second kappa shape index (κ2) is 20.9. The Morgan fingerprint density at radius 2 is 0.717 bits per heavy atom. The van der Waals surface area contributed by atoms with Gasteiger partial charge in [-0.25, -0.2) is 0 Å². The Kier molecular flexibility index (Phi) is 16.5. The second-order valence-electron chi connectivity index (χ2n) is 19.7. The molecule has 0 amide bonds. The fourth-order valence-corrected chi connectivity index (χ4v) is 21.2. The van der Waals surface area contributed by atoms with Crippen LogP contribution in [-0.2, 0) is 0 Å². The van der Waals surface area contributed by atoms with Crippen molar-refractivity contribution in [3.8, 4) is 34.4 Å². The second-order valence-corrected chi connectivity index (χ2v) is 30.8. The van der Waals surface area contributed by atoms with Gasteiger partial charge >= 0.3 is 0 Å². The Morgan fingerprint density at radius 1 is 0.400 bits per heavy atom. The molecule has 0 fully saturated rings. The van der Waals surface area contributed by atoms with Crippen molar-refractivity contribution in [1.29, 1.82) is 0 Å². The normalized spacial score (nSPS) is 12.5. The Bertz CT molecular complexity index is 2150. The third-order valence-corrected chi connectivity index (χ3v) is 26.6. The van der Waals surface area contributed by atoms with Gasteiger partial charge in [-0.1, -0.05) is 159 Å². The van der Waals surface area contributed by atoms with E-state index in [9.17, 15) is 0 Å². The lowest BCUT2D eigenvalue weighted by molar-refractivity contribution is 0.305. The first-order chi connectivity index (χ1) is 28.6. The summed E-state index contributed by atoms with van der Waals surface area (Å²) >= 11 is 0. The van der Waals surface area contributed by atoms with Crippen LogP contribution >= 0.6 is 0 Å². The summed E-state index contributed by atoms with van der Waals surface area (Å²) in [5, 5.41) is 9.58. The minimum atomic E-state index is -2.07. The lowest BCUT2D eigenvalue weighted by Gasteiger charge is -2.38. The van der Waals surface area contributed by atoms with Gasteiger partial charge in [0.25, 0.3) is 0 Å². The highest BCUT2D eigenvalue weighted by molar-refractivity contribution is 6.91. The molecule has 4 heteroatoms. The zero-order valence-corrected chi connectivity index (χ0v) is 42.1. The summed E-state index contributed by atoms with van der Waals surface area (Å²) in [6.45, 7) is 35.0. The van der Waals surface area contributed by atoms with E-state index in [0.29, 0.717) is 33.2 Å². The van der Waals surface area contributed by atoms with Crippen molar-refractivity contribution in [2.45, 2.75) is 182 Å². The third-order valence-electron chi connectivity index (χ3n) is 14.0. The summed E-state index contributed by atoms with van der Waals surface area (Å²) in [6.07, 6.45) is 9.54. The minimum Gasteiger partial charge on any atom is -0.494 e. The molecule has 0 saturated heterocycles. The van der Waals surface area contributed by atoms with Crippen LogP contribution in [0.4, 0.5) is 0 Å². The van der Waals surface area contributed by atoms with Gasteiger partial charge in [-0.2, -0.15) is 0 Å². The highest BCUT2D eigenvalue weighted by Crippen LogP contribution is 2.44. The summed E-state index contributed by atoms with van der Waals surface area (Å²) in [7, 11) is -4.13. The standard InChI is InChI=1S/C56H78O2Si2/c1-15-17-19-21-29-57-49-25-23-45-35-53-52(28-32-60(42(9)10,43(11)12)44(13)14)56-38-48-34-50(58-30-22-20-18-16-2)26-24-46(48)36-54(56)51(55(53)37-47(45)33-49)27-31-59(39(3)4,40(5)6)41(7)8/h23-26,33-44H,15-22,29-30H2,1-14H3. The van der Waals surface area contributed by atoms with Gasteiger partial charge in [0, 0.05) is 11.1 Å². The molecule has 0 heterocycles. The van der Waals surface area contributed by atoms with Gasteiger partial charge < -0.3 is 9.47 Å². The van der Waals surface area contributed by atoms with Crippen LogP contribution in [0.5, 0.6) is 11.5 Å². The molecular formula is C56H78O2Si2. The van der Waals surface area contributed by atoms with Crippen molar-refractivity contribution in [3.63, 3.8) is 0 Å². The van der Waals surface area contributed by atoms with Crippen molar-refractivity contribution in [2.75, 3.05) is 13.2 Å². The Balaban J connectivity index is 1.91. The number of ether oxygens (including phenoxy) is 2. The van der Waals surface area contributed by atoms with Crippen LogP contribution in [0.1, 0.15) is 159 Å². The molecule has 0 spiro atoms. The van der Waals surface area contributed by atoms with Crippen molar-refractivity contribution in [3.05, 3.63) is 71.8 Å². The van der Waals surface area contributed by atoms with E-state index in [1.54, 1.807) is 0 Å². The lowest BCUT2D eigenvalue weighted by Crippen LogP contribution is -2.43. The van der Waals surface area contributed by atoms with Gasteiger partial charge in [-0.15, -0.1) is 11.1 Å². The monoisotopic (exact) mass is 839 g/mol. The van der Waals surface area contributed by atoms with Crippen molar-refractivity contribution in [1.82, 2.24) is 0 Å². The van der Waals surface area contributed by atoms with E-state index < -0.39 is 16.1 Å². The molecule has 0 bridgehead atoms. The first kappa shape index (κ1) is 47.3. The van der Waals surface area contributed by atoms with Crippen LogP contribution in [0, 0.1) is 22.9 Å². The number of hydrogen-bond acceptors (Lipinski definition) is 2. The van der Waals surface area contributed by atoms with Gasteiger partial charge in [-0.05, 0) is 138 Å². The van der Waals surface area contributed by atoms with E-state index >= 15 is 0 Å². The van der Waals surface area contributed by atoms with Gasteiger partial charge in [-0.3, -0.25) is 0 Å². The largest absolute Gasteiger partial charge is 0.494 e. The number of unbranched alkanes of at least 4 members (excludes halogenated alkanes) is 6. The quantitative estimate of drug-likeness (QED) is 0.0379. The molecule has 322 valence electrons. The maximum absolute atomic E-state index is 6.36. The van der Waals surface area contributed by atoms with Crippen LogP contribution in [0.3, 0.4) is 0 Å². The van der Waals surface area contributed by atoms with E-state index in [2.05, 4.69) is 181 Å². The molecule has 0 aliphatic carbocycles. The average molecular weight is 839 g/mol. The fraction of sp³-hybridized carbons (Fsp3) is 0.536. The Labute approximate surface area is 368 Å². The highest BCUT2D eigenvalue weighted by Gasteiger charge is 2.43. The number of benzene rings is 5. The maximum Gasteiger partial charge on any atom is 0.146 e. The molecule has 5 aromatic carbocycles. The molecule has 0 N–H and O–H groups in total. The number of fused-ring (bicyclic) bond motifs is 4. The Morgan fingerprint density at radius 3 is 1.02 bits per heavy atom. The molecule has 5 aromatic rings. The summed E-state index contributed by atoms with van der Waals surface area (Å²) in [5.74, 6) is 9.96. The summed E-state index contributed by atoms with van der Waals surface area (Å²) < 4.78 is 12.7. The van der Waals surface area contributed by atoms with Crippen LogP contribution in [-0.4, -0.2) is 29.4 Å². The number of hydrogen-bond donors (Lipinski definition) is 0. The maximum atomic E-state index is 6.36. The molecule has 0 aromatic heterocycles. The van der Waals surface area contributed by atoms with Crippen LogP contribution in [0.25, 0.3) is 43.1 Å². The zero-order chi connectivity index (χ0) is 43.8. The fourth-order valence-electron chi connectivity index (χ4n) is 10.8. The van der Waals surface area contributed by atoms with Crippen LogP contribution in [0.15, 0.2) is 60.7 Å². The SMILES string of the molecule is CCCCCCOc1ccc2cc3c(C#C[Si](C(C)C)(C(C)C)C(C)C)c4cc5cc(OCCCCCC)ccc5cc4c(C#C[Si](C(C)C)(C(C)C)C(C)C)c3cc2c1. The van der Waals surface area contributed by atoms with Crippen molar-refractivity contribution >= 4 is 59.2 Å². The molecule has 60 heavy (non-hydrogen) atoms. The molecular weight excluding hydrogens is 761 g/mol. The molecule has 0 atom stereocenters. The topological polar surface area (TPSA) is 18.5 Å². The van der Waals surface area contributed by atoms with E-state index in [1.807, 2.05) is 0 Å². The van der Waals surface area contributed by atoms with Crippen LogP contribution < -0.4 is 9.47 Å². The smallest absolute Gasteiger partial charge is 0.146 e. The minimum absolute atomic E-state index is 0.535. The van der Waals surface area contributed by atoms with E-state index in [0.717, 1.165) is 48.7 Å². The predicted octanol–water partition coefficient (Wildman–Crippen LogP) is 17.4.